The number of benzene rings is 1. The summed E-state index contributed by atoms with van der Waals surface area (Å²) in [6.07, 6.45) is 3.55. The molecule has 4 aromatic rings. The maximum Gasteiger partial charge on any atom is 0.248 e. The van der Waals surface area contributed by atoms with Gasteiger partial charge in [0.25, 0.3) is 0 Å². The summed E-state index contributed by atoms with van der Waals surface area (Å²) in [4.78, 5) is 7.31. The topological polar surface area (TPSA) is 76.8 Å². The van der Waals surface area contributed by atoms with Crippen LogP contribution in [0.2, 0.25) is 0 Å². The molecule has 0 saturated carbocycles. The first-order chi connectivity index (χ1) is 11.4. The predicted octanol–water partition coefficient (Wildman–Crippen LogP) is 3.33. The fourth-order valence-corrected chi connectivity index (χ4v) is 2.40. The number of pyridine rings is 1. The Bertz CT molecular complexity index is 914. The number of rotatable bonds is 5. The van der Waals surface area contributed by atoms with Gasteiger partial charge in [-0.25, -0.2) is 4.98 Å². The highest BCUT2D eigenvalue weighted by Crippen LogP contribution is 2.25. The van der Waals surface area contributed by atoms with Crippen LogP contribution in [0.15, 0.2) is 59.3 Å². The van der Waals surface area contributed by atoms with Gasteiger partial charge in [0.2, 0.25) is 11.8 Å². The van der Waals surface area contributed by atoms with Crippen LogP contribution in [-0.2, 0) is 18.0 Å². The lowest BCUT2D eigenvalue weighted by Gasteiger charge is -2.01. The lowest BCUT2D eigenvalue weighted by atomic mass is 10.2. The summed E-state index contributed by atoms with van der Waals surface area (Å²) < 4.78 is 11.3. The van der Waals surface area contributed by atoms with E-state index in [-0.39, 0.29) is 6.61 Å². The molecule has 0 amide bonds. The minimum atomic E-state index is 0.281. The monoisotopic (exact) mass is 306 g/mol. The SMILES string of the molecule is c1ccc(COCc2nnc(-c3ccnc4[nH]ccc34)o2)cc1. The van der Waals surface area contributed by atoms with E-state index in [2.05, 4.69) is 20.2 Å². The third kappa shape index (κ3) is 2.84. The smallest absolute Gasteiger partial charge is 0.248 e. The number of H-pyrrole nitrogens is 1. The van der Waals surface area contributed by atoms with Crippen LogP contribution in [0.1, 0.15) is 11.5 Å². The molecule has 0 unspecified atom stereocenters. The van der Waals surface area contributed by atoms with Crippen molar-refractivity contribution in [3.8, 4) is 11.5 Å². The largest absolute Gasteiger partial charge is 0.418 e. The summed E-state index contributed by atoms with van der Waals surface area (Å²) in [6.45, 7) is 0.791. The van der Waals surface area contributed by atoms with Crippen molar-refractivity contribution in [1.29, 1.82) is 0 Å². The minimum absolute atomic E-state index is 0.281. The summed E-state index contributed by atoms with van der Waals surface area (Å²) in [6, 6.07) is 13.8. The van der Waals surface area contributed by atoms with Crippen LogP contribution in [-0.4, -0.2) is 20.2 Å². The van der Waals surface area contributed by atoms with Crippen LogP contribution >= 0.6 is 0 Å². The Hall–Kier alpha value is -2.99. The quantitative estimate of drug-likeness (QED) is 0.612. The van der Waals surface area contributed by atoms with Crippen LogP contribution in [0.5, 0.6) is 0 Å². The van der Waals surface area contributed by atoms with Gasteiger partial charge in [-0.2, -0.15) is 0 Å². The zero-order valence-electron chi connectivity index (χ0n) is 12.3. The Morgan fingerprint density at radius 2 is 1.91 bits per heavy atom. The third-order valence-electron chi connectivity index (χ3n) is 3.49. The molecule has 0 aliphatic heterocycles. The van der Waals surface area contributed by atoms with Gasteiger partial charge < -0.3 is 14.1 Å². The molecule has 6 heteroatoms. The summed E-state index contributed by atoms with van der Waals surface area (Å²) in [5.74, 6) is 0.923. The number of aromatic amines is 1. The summed E-state index contributed by atoms with van der Waals surface area (Å²) >= 11 is 0. The molecule has 3 heterocycles. The van der Waals surface area contributed by atoms with Gasteiger partial charge in [0.1, 0.15) is 12.3 Å². The van der Waals surface area contributed by atoms with Gasteiger partial charge in [0.05, 0.1) is 12.2 Å². The number of fused-ring (bicyclic) bond motifs is 1. The van der Waals surface area contributed by atoms with Crippen molar-refractivity contribution in [2.45, 2.75) is 13.2 Å². The first-order valence-electron chi connectivity index (χ1n) is 7.27. The van der Waals surface area contributed by atoms with E-state index in [1.165, 1.54) is 0 Å². The van der Waals surface area contributed by atoms with Crippen LogP contribution in [0, 0.1) is 0 Å². The summed E-state index contributed by atoms with van der Waals surface area (Å²) in [7, 11) is 0. The molecule has 0 saturated heterocycles. The van der Waals surface area contributed by atoms with E-state index in [1.807, 2.05) is 48.7 Å². The molecule has 0 aliphatic rings. The normalized spacial score (nSPS) is 11.1. The van der Waals surface area contributed by atoms with E-state index in [0.717, 1.165) is 22.2 Å². The summed E-state index contributed by atoms with van der Waals surface area (Å²) in [5, 5.41) is 9.10. The first kappa shape index (κ1) is 13.7. The molecule has 23 heavy (non-hydrogen) atoms. The molecule has 4 rings (SSSR count). The second-order valence-corrected chi connectivity index (χ2v) is 5.08. The van der Waals surface area contributed by atoms with Crippen molar-refractivity contribution in [2.24, 2.45) is 0 Å². The minimum Gasteiger partial charge on any atom is -0.418 e. The van der Waals surface area contributed by atoms with E-state index in [1.54, 1.807) is 6.20 Å². The highest BCUT2D eigenvalue weighted by molar-refractivity contribution is 5.90. The molecular formula is C17H14N4O2. The molecule has 6 nitrogen and oxygen atoms in total. The van der Waals surface area contributed by atoms with Gasteiger partial charge in [-0.3, -0.25) is 0 Å². The van der Waals surface area contributed by atoms with Crippen LogP contribution in [0.25, 0.3) is 22.5 Å². The van der Waals surface area contributed by atoms with E-state index in [4.69, 9.17) is 9.15 Å². The first-order valence-corrected chi connectivity index (χ1v) is 7.27. The molecule has 0 fully saturated rings. The Morgan fingerprint density at radius 3 is 2.83 bits per heavy atom. The van der Waals surface area contributed by atoms with Crippen molar-refractivity contribution in [2.75, 3.05) is 0 Å². The zero-order valence-corrected chi connectivity index (χ0v) is 12.3. The van der Waals surface area contributed by atoms with Crippen molar-refractivity contribution in [3.05, 3.63) is 66.3 Å². The molecule has 0 bridgehead atoms. The van der Waals surface area contributed by atoms with E-state index in [0.29, 0.717) is 18.4 Å². The number of ether oxygens (including phenoxy) is 1. The fourth-order valence-electron chi connectivity index (χ4n) is 2.40. The highest BCUT2D eigenvalue weighted by atomic mass is 16.5. The standard InChI is InChI=1S/C17H14N4O2/c1-2-4-12(5-3-1)10-22-11-15-20-21-17(23-15)14-7-9-19-16-13(14)6-8-18-16/h1-9H,10-11H2,(H,18,19). The Balaban J connectivity index is 1.48. The van der Waals surface area contributed by atoms with Gasteiger partial charge in [-0.15, -0.1) is 10.2 Å². The maximum absolute atomic E-state index is 5.70. The maximum atomic E-state index is 5.70. The van der Waals surface area contributed by atoms with Gasteiger partial charge in [0.15, 0.2) is 0 Å². The number of hydrogen-bond donors (Lipinski definition) is 1. The second-order valence-electron chi connectivity index (χ2n) is 5.08. The predicted molar refractivity (Wildman–Crippen MR) is 84.3 cm³/mol. The number of nitrogens with zero attached hydrogens (tertiary/aromatic N) is 3. The van der Waals surface area contributed by atoms with Crippen molar-refractivity contribution in [3.63, 3.8) is 0 Å². The fraction of sp³-hybridized carbons (Fsp3) is 0.118. The van der Waals surface area contributed by atoms with Gasteiger partial charge in [0, 0.05) is 17.8 Å². The van der Waals surface area contributed by atoms with Gasteiger partial charge in [-0.05, 0) is 17.7 Å². The molecule has 1 aromatic carbocycles. The molecule has 0 spiro atoms. The molecule has 0 radical (unpaired) electrons. The molecule has 0 atom stereocenters. The van der Waals surface area contributed by atoms with Gasteiger partial charge >= 0.3 is 0 Å². The van der Waals surface area contributed by atoms with Crippen molar-refractivity contribution >= 4 is 11.0 Å². The highest BCUT2D eigenvalue weighted by Gasteiger charge is 2.12. The third-order valence-corrected chi connectivity index (χ3v) is 3.49. The zero-order chi connectivity index (χ0) is 15.5. The lowest BCUT2D eigenvalue weighted by Crippen LogP contribution is -1.94. The van der Waals surface area contributed by atoms with E-state index < -0.39 is 0 Å². The van der Waals surface area contributed by atoms with Crippen LogP contribution in [0.3, 0.4) is 0 Å². The second kappa shape index (κ2) is 6.02. The van der Waals surface area contributed by atoms with E-state index >= 15 is 0 Å². The summed E-state index contributed by atoms with van der Waals surface area (Å²) in [5.41, 5.74) is 2.76. The Labute approximate surface area is 132 Å². The Kier molecular flexibility index (Phi) is 3.57. The average Bonchev–Trinajstić information content (AvgIpc) is 3.24. The van der Waals surface area contributed by atoms with E-state index in [9.17, 15) is 0 Å². The van der Waals surface area contributed by atoms with Gasteiger partial charge in [-0.1, -0.05) is 30.3 Å². The van der Waals surface area contributed by atoms with Crippen molar-refractivity contribution < 1.29 is 9.15 Å². The number of aromatic nitrogens is 4. The Morgan fingerprint density at radius 1 is 1.00 bits per heavy atom. The molecule has 0 aliphatic carbocycles. The molecule has 3 aromatic heterocycles. The number of hydrogen-bond acceptors (Lipinski definition) is 5. The average molecular weight is 306 g/mol. The number of nitrogens with one attached hydrogen (secondary N) is 1. The molecular weight excluding hydrogens is 292 g/mol. The van der Waals surface area contributed by atoms with Crippen molar-refractivity contribution in [1.82, 2.24) is 20.2 Å². The molecule has 1 N–H and O–H groups in total. The molecule has 114 valence electrons. The lowest BCUT2D eigenvalue weighted by molar-refractivity contribution is 0.0898. The van der Waals surface area contributed by atoms with Crippen LogP contribution in [0.4, 0.5) is 0 Å². The van der Waals surface area contributed by atoms with Crippen LogP contribution < -0.4 is 0 Å².